The molecule has 3 aromatic rings. The maximum atomic E-state index is 5.55. The first-order valence-corrected chi connectivity index (χ1v) is 10.6. The van der Waals surface area contributed by atoms with Gasteiger partial charge in [-0.1, -0.05) is 24.3 Å². The quantitative estimate of drug-likeness (QED) is 0.497. The second-order valence-corrected chi connectivity index (χ2v) is 6.99. The first-order chi connectivity index (χ1) is 11.2. The van der Waals surface area contributed by atoms with Crippen LogP contribution in [0.4, 0.5) is 0 Å². The van der Waals surface area contributed by atoms with E-state index in [4.69, 9.17) is 9.47 Å². The molecule has 0 saturated heterocycles. The highest BCUT2D eigenvalue weighted by molar-refractivity contribution is 14.2. The van der Waals surface area contributed by atoms with Crippen molar-refractivity contribution >= 4 is 41.2 Å². The molecule has 1 heterocycles. The summed E-state index contributed by atoms with van der Waals surface area (Å²) in [6.07, 6.45) is 0.823. The molecule has 120 valence electrons. The molecule has 23 heavy (non-hydrogen) atoms. The van der Waals surface area contributed by atoms with Gasteiger partial charge in [0, 0.05) is 59.5 Å². The van der Waals surface area contributed by atoms with Crippen molar-refractivity contribution in [3.8, 4) is 11.5 Å². The smallest absolute Gasteiger partial charge is 0.126 e. The summed E-state index contributed by atoms with van der Waals surface area (Å²) in [5.41, 5.74) is 5.04. The molecule has 0 fully saturated rings. The number of halogens is 1. The lowest BCUT2D eigenvalue weighted by Crippen LogP contribution is -1.99. The van der Waals surface area contributed by atoms with Crippen molar-refractivity contribution in [2.24, 2.45) is 0 Å². The molecule has 5 heteroatoms. The van der Waals surface area contributed by atoms with Gasteiger partial charge in [-0.25, -0.2) is 0 Å². The van der Waals surface area contributed by atoms with Crippen LogP contribution in [-0.2, 0) is 6.42 Å². The number of aryl methyl sites for hydroxylation is 1. The van der Waals surface area contributed by atoms with E-state index < -0.39 is 0 Å². The van der Waals surface area contributed by atoms with Crippen LogP contribution in [0.2, 0.25) is 0 Å². The van der Waals surface area contributed by atoms with Gasteiger partial charge >= 0.3 is 0 Å². The van der Waals surface area contributed by atoms with Crippen LogP contribution in [0, 0.1) is 6.92 Å². The topological polar surface area (TPSA) is 23.4 Å². The van der Waals surface area contributed by atoms with E-state index in [0.29, 0.717) is 0 Å². The van der Waals surface area contributed by atoms with Crippen molar-refractivity contribution in [1.29, 1.82) is 0 Å². The van der Waals surface area contributed by atoms with Gasteiger partial charge in [-0.2, -0.15) is 0 Å². The normalized spacial score (nSPS) is 11.0. The lowest BCUT2D eigenvalue weighted by Gasteiger charge is -2.12. The Morgan fingerprint density at radius 1 is 1.09 bits per heavy atom. The maximum Gasteiger partial charge on any atom is 0.126 e. The number of hydrogen-bond donors (Lipinski definition) is 0. The summed E-state index contributed by atoms with van der Waals surface area (Å²) in [7, 11) is 5.08. The first-order valence-electron chi connectivity index (χ1n) is 7.28. The highest BCUT2D eigenvalue weighted by Crippen LogP contribution is 2.35. The molecule has 2 aromatic carbocycles. The number of para-hydroxylation sites is 1. The summed E-state index contributed by atoms with van der Waals surface area (Å²) in [6, 6.07) is 14.5. The summed E-state index contributed by atoms with van der Waals surface area (Å²) in [5, 5.41) is 1.30. The molecule has 0 bridgehead atoms. The van der Waals surface area contributed by atoms with Crippen molar-refractivity contribution in [3.63, 3.8) is 0 Å². The fraction of sp³-hybridized carbons (Fsp3) is 0.222. The molecule has 0 N–H and O–H groups in total. The molecular formula is C18H18INO2S. The van der Waals surface area contributed by atoms with Crippen LogP contribution >= 0.6 is 30.3 Å². The number of fused-ring (bicyclic) bond motifs is 1. The van der Waals surface area contributed by atoms with Gasteiger partial charge in [-0.3, -0.25) is 3.97 Å². The lowest BCUT2D eigenvalue weighted by molar-refractivity contribution is 0.391. The molecular weight excluding hydrogens is 421 g/mol. The second kappa shape index (κ2) is 7.05. The van der Waals surface area contributed by atoms with Gasteiger partial charge in [0.15, 0.2) is 0 Å². The Morgan fingerprint density at radius 2 is 1.87 bits per heavy atom. The number of methoxy groups -OCH3 is 2. The lowest BCUT2D eigenvalue weighted by atomic mass is 10.0. The maximum absolute atomic E-state index is 5.55. The number of nitrogens with zero attached hydrogens (tertiary/aromatic N) is 1. The van der Waals surface area contributed by atoms with E-state index in [9.17, 15) is 0 Å². The predicted octanol–water partition coefficient (Wildman–Crippen LogP) is 5.40. The molecule has 0 spiro atoms. The van der Waals surface area contributed by atoms with E-state index in [1.807, 2.05) is 12.1 Å². The predicted molar refractivity (Wildman–Crippen MR) is 106 cm³/mol. The summed E-state index contributed by atoms with van der Waals surface area (Å²) in [5.74, 6) is 1.67. The van der Waals surface area contributed by atoms with E-state index in [2.05, 4.69) is 62.4 Å². The minimum Gasteiger partial charge on any atom is -0.497 e. The van der Waals surface area contributed by atoms with Crippen molar-refractivity contribution in [2.75, 3.05) is 14.2 Å². The van der Waals surface area contributed by atoms with Crippen LogP contribution in [0.15, 0.2) is 42.5 Å². The van der Waals surface area contributed by atoms with Crippen LogP contribution in [0.25, 0.3) is 10.9 Å². The molecule has 0 atom stereocenters. The number of benzene rings is 2. The Morgan fingerprint density at radius 3 is 2.57 bits per heavy atom. The number of rotatable bonds is 5. The third kappa shape index (κ3) is 3.04. The van der Waals surface area contributed by atoms with Gasteiger partial charge in [0.05, 0.1) is 19.7 Å². The average molecular weight is 439 g/mol. The summed E-state index contributed by atoms with van der Waals surface area (Å²) < 4.78 is 13.1. The zero-order valence-corrected chi connectivity index (χ0v) is 16.3. The van der Waals surface area contributed by atoms with Gasteiger partial charge in [0.2, 0.25) is 0 Å². The van der Waals surface area contributed by atoms with Crippen LogP contribution in [0.1, 0.15) is 16.8 Å². The molecule has 0 aliphatic carbocycles. The van der Waals surface area contributed by atoms with Crippen molar-refractivity contribution in [1.82, 2.24) is 3.97 Å². The zero-order chi connectivity index (χ0) is 16.4. The minimum absolute atomic E-state index is 0.811. The molecule has 1 aromatic heterocycles. The Balaban J connectivity index is 2.10. The van der Waals surface area contributed by atoms with E-state index in [0.717, 1.165) is 23.5 Å². The molecule has 0 aliphatic heterocycles. The third-order valence-electron chi connectivity index (χ3n) is 4.13. The first kappa shape index (κ1) is 16.5. The molecule has 0 saturated carbocycles. The average Bonchev–Trinajstić information content (AvgIpc) is 2.87. The van der Waals surface area contributed by atoms with Crippen molar-refractivity contribution in [2.45, 2.75) is 13.3 Å². The van der Waals surface area contributed by atoms with E-state index in [1.54, 1.807) is 23.3 Å². The standard InChI is InChI=1S/C18H18INO2S/c1-12-15-6-4-5-7-16(15)20(23-19)17(12)10-13-8-9-14(21-2)11-18(13)22-3/h4-9,11H,10H2,1-3H3. The Kier molecular flexibility index (Phi) is 5.06. The second-order valence-electron chi connectivity index (χ2n) is 5.31. The van der Waals surface area contributed by atoms with E-state index >= 15 is 0 Å². The fourth-order valence-electron chi connectivity index (χ4n) is 2.88. The van der Waals surface area contributed by atoms with Gasteiger partial charge in [-0.05, 0) is 24.6 Å². The summed E-state index contributed by atoms with van der Waals surface area (Å²) in [6.45, 7) is 2.19. The van der Waals surface area contributed by atoms with E-state index in [-0.39, 0.29) is 0 Å². The Hall–Kier alpha value is -1.34. The van der Waals surface area contributed by atoms with Gasteiger partial charge in [-0.15, -0.1) is 0 Å². The van der Waals surface area contributed by atoms with E-state index in [1.165, 1.54) is 22.2 Å². The largest absolute Gasteiger partial charge is 0.497 e. The zero-order valence-electron chi connectivity index (χ0n) is 13.3. The third-order valence-corrected chi connectivity index (χ3v) is 5.86. The Bertz CT molecular complexity index is 844. The SMILES string of the molecule is COc1ccc(Cc2c(C)c3ccccc3n2SI)c(OC)c1. The number of hydrogen-bond acceptors (Lipinski definition) is 3. The highest BCUT2D eigenvalue weighted by Gasteiger charge is 2.16. The molecule has 3 rings (SSSR count). The van der Waals surface area contributed by atoms with Gasteiger partial charge in [0.1, 0.15) is 11.5 Å². The monoisotopic (exact) mass is 439 g/mol. The Labute approximate surface area is 152 Å². The highest BCUT2D eigenvalue weighted by atomic mass is 127. The molecule has 0 unspecified atom stereocenters. The molecule has 0 amide bonds. The summed E-state index contributed by atoms with van der Waals surface area (Å²) in [4.78, 5) is 0. The number of aromatic nitrogens is 1. The molecule has 0 radical (unpaired) electrons. The van der Waals surface area contributed by atoms with Crippen LogP contribution < -0.4 is 9.47 Å². The van der Waals surface area contributed by atoms with Gasteiger partial charge < -0.3 is 9.47 Å². The van der Waals surface area contributed by atoms with Gasteiger partial charge in [0.25, 0.3) is 0 Å². The molecule has 3 nitrogen and oxygen atoms in total. The van der Waals surface area contributed by atoms with Crippen molar-refractivity contribution in [3.05, 3.63) is 59.3 Å². The van der Waals surface area contributed by atoms with Crippen molar-refractivity contribution < 1.29 is 9.47 Å². The minimum atomic E-state index is 0.811. The van der Waals surface area contributed by atoms with Crippen LogP contribution in [-0.4, -0.2) is 18.2 Å². The fourth-order valence-corrected chi connectivity index (χ4v) is 4.75. The van der Waals surface area contributed by atoms with Crippen LogP contribution in [0.5, 0.6) is 11.5 Å². The summed E-state index contributed by atoms with van der Waals surface area (Å²) >= 11 is 2.34. The molecule has 0 aliphatic rings. The number of ether oxygens (including phenoxy) is 2. The van der Waals surface area contributed by atoms with Crippen LogP contribution in [0.3, 0.4) is 0 Å².